The smallest absolute Gasteiger partial charge is 0.432 e. The molecule has 0 bridgehead atoms. The summed E-state index contributed by atoms with van der Waals surface area (Å²) < 4.78 is 123. The molecular weight excluding hydrogens is 629 g/mol. The molecule has 2 aromatic heterocycles. The molecule has 0 aromatic carbocycles. The number of carbonyl (C=O) groups excluding carboxylic acids is 1. The third-order valence-electron chi connectivity index (χ3n) is 6.90. The molecule has 43 heavy (non-hydrogen) atoms. The molecule has 236 valence electrons. The van der Waals surface area contributed by atoms with E-state index >= 15 is 0 Å². The number of nitrogens with zero attached hydrogens (tertiary/aromatic N) is 4. The highest BCUT2D eigenvalue weighted by atomic mass is 32.1. The predicted octanol–water partition coefficient (Wildman–Crippen LogP) is 4.74. The Bertz CT molecular complexity index is 1430. The van der Waals surface area contributed by atoms with Crippen molar-refractivity contribution in [2.75, 3.05) is 6.54 Å². The van der Waals surface area contributed by atoms with Crippen LogP contribution in [0, 0.1) is 0 Å². The number of hydroxylamine groups is 1. The fraction of sp³-hybridized carbons (Fsp3) is 0.522. The van der Waals surface area contributed by atoms with Gasteiger partial charge in [-0.2, -0.15) is 39.5 Å². The molecule has 2 aliphatic heterocycles. The zero-order valence-electron chi connectivity index (χ0n) is 21.6. The average molecular weight is 649 g/mol. The molecule has 2 aromatic rings. The van der Waals surface area contributed by atoms with E-state index in [1.807, 2.05) is 0 Å². The van der Waals surface area contributed by atoms with Crippen LogP contribution in [-0.2, 0) is 27.1 Å². The molecule has 20 heteroatoms. The number of carboxylic acids is 1. The van der Waals surface area contributed by atoms with Gasteiger partial charge in [0, 0.05) is 37.2 Å². The van der Waals surface area contributed by atoms with Gasteiger partial charge in [0.1, 0.15) is 10.7 Å². The topological polar surface area (TPSA) is 137 Å². The minimum absolute atomic E-state index is 0.0356. The van der Waals surface area contributed by atoms with Crippen molar-refractivity contribution in [2.24, 2.45) is 4.99 Å². The van der Waals surface area contributed by atoms with Crippen LogP contribution in [0.15, 0.2) is 17.3 Å². The summed E-state index contributed by atoms with van der Waals surface area (Å²) in [7, 11) is 0. The summed E-state index contributed by atoms with van der Waals surface area (Å²) in [4.78, 5) is 41.4. The molecule has 10 nitrogen and oxygen atoms in total. The molecule has 2 unspecified atom stereocenters. The van der Waals surface area contributed by atoms with Crippen molar-refractivity contribution < 1.29 is 64.2 Å². The van der Waals surface area contributed by atoms with Gasteiger partial charge < -0.3 is 20.0 Å². The lowest BCUT2D eigenvalue weighted by atomic mass is 9.94. The summed E-state index contributed by atoms with van der Waals surface area (Å²) in [6.45, 7) is 1.82. The number of nitrogens with one attached hydrogen (secondary N) is 1. The number of aliphatic carboxylic acids is 1. The predicted molar refractivity (Wildman–Crippen MR) is 127 cm³/mol. The van der Waals surface area contributed by atoms with Gasteiger partial charge in [-0.05, 0) is 25.8 Å². The number of hydrogen-bond donors (Lipinski definition) is 3. The quantitative estimate of drug-likeness (QED) is 0.366. The van der Waals surface area contributed by atoms with Gasteiger partial charge in [0.25, 0.3) is 11.5 Å². The number of aliphatic hydroxyl groups is 1. The van der Waals surface area contributed by atoms with Crippen LogP contribution in [0.4, 0.5) is 39.5 Å². The number of rotatable bonds is 7. The first-order chi connectivity index (χ1) is 19.7. The standard InChI is InChI=1S/C23H20F9N5O5S/c1-10-3-2-6-37(10)17(40)15-16(43-18(35-15)19(5-4-14(38)39)34-9-42-36-19)11-8-33-13(7-12(11)21(24,25)26)20(41,22(27,28)29)23(30,31)32/h7-10,36,41H,2-6H2,1H3,(H,38,39). The molecule has 4 rings (SSSR count). The zero-order valence-corrected chi connectivity index (χ0v) is 22.4. The molecule has 1 saturated heterocycles. The lowest BCUT2D eigenvalue weighted by Crippen LogP contribution is -2.54. The first kappa shape index (κ1) is 32.4. The number of alkyl halides is 9. The molecule has 2 atom stereocenters. The number of amides is 1. The van der Waals surface area contributed by atoms with Crippen LogP contribution in [0.1, 0.15) is 59.4 Å². The number of hydrogen-bond acceptors (Lipinski definition) is 9. The molecule has 0 radical (unpaired) electrons. The Morgan fingerprint density at radius 1 is 1.16 bits per heavy atom. The summed E-state index contributed by atoms with van der Waals surface area (Å²) in [5, 5.41) is 18.5. The Balaban J connectivity index is 1.98. The Kier molecular flexibility index (Phi) is 8.20. The van der Waals surface area contributed by atoms with Gasteiger partial charge in [-0.25, -0.2) is 9.98 Å². The highest BCUT2D eigenvalue weighted by Gasteiger charge is 2.72. The van der Waals surface area contributed by atoms with Crippen molar-refractivity contribution in [3.63, 3.8) is 0 Å². The Morgan fingerprint density at radius 2 is 1.81 bits per heavy atom. The van der Waals surface area contributed by atoms with Crippen LogP contribution < -0.4 is 5.48 Å². The number of halogens is 9. The summed E-state index contributed by atoms with van der Waals surface area (Å²) in [5.41, 5.74) is -11.5. The van der Waals surface area contributed by atoms with E-state index in [0.29, 0.717) is 24.2 Å². The highest BCUT2D eigenvalue weighted by Crippen LogP contribution is 2.51. The fourth-order valence-corrected chi connectivity index (χ4v) is 5.79. The van der Waals surface area contributed by atoms with Gasteiger partial charge in [-0.1, -0.05) is 0 Å². The van der Waals surface area contributed by atoms with Crippen LogP contribution in [-0.4, -0.2) is 68.3 Å². The van der Waals surface area contributed by atoms with Crippen molar-refractivity contribution in [3.05, 3.63) is 34.2 Å². The van der Waals surface area contributed by atoms with E-state index in [-0.39, 0.29) is 24.2 Å². The van der Waals surface area contributed by atoms with E-state index < -0.39 is 87.6 Å². The molecule has 2 aliphatic rings. The Morgan fingerprint density at radius 3 is 2.30 bits per heavy atom. The van der Waals surface area contributed by atoms with E-state index in [4.69, 9.17) is 9.94 Å². The second kappa shape index (κ2) is 10.9. The van der Waals surface area contributed by atoms with Crippen molar-refractivity contribution in [2.45, 2.75) is 68.4 Å². The monoisotopic (exact) mass is 649 g/mol. The van der Waals surface area contributed by atoms with Crippen LogP contribution >= 0.6 is 11.3 Å². The third-order valence-corrected chi connectivity index (χ3v) is 8.14. The number of likely N-dealkylation sites (tertiary alicyclic amines) is 1. The van der Waals surface area contributed by atoms with E-state index in [1.165, 1.54) is 4.90 Å². The fourth-order valence-electron chi connectivity index (χ4n) is 4.59. The van der Waals surface area contributed by atoms with Gasteiger partial charge in [0.05, 0.1) is 16.1 Å². The Hall–Kier alpha value is -3.52. The largest absolute Gasteiger partial charge is 0.481 e. The average Bonchev–Trinajstić information content (AvgIpc) is 3.64. The van der Waals surface area contributed by atoms with Gasteiger partial charge in [-0.3, -0.25) is 14.6 Å². The summed E-state index contributed by atoms with van der Waals surface area (Å²) in [5.74, 6) is -2.21. The van der Waals surface area contributed by atoms with Crippen LogP contribution in [0.25, 0.3) is 10.4 Å². The van der Waals surface area contributed by atoms with Gasteiger partial charge in [0.15, 0.2) is 12.1 Å². The third kappa shape index (κ3) is 5.74. The minimum atomic E-state index is -6.52. The van der Waals surface area contributed by atoms with Crippen molar-refractivity contribution in [3.8, 4) is 10.4 Å². The maximum Gasteiger partial charge on any atom is 0.432 e. The number of aromatic nitrogens is 2. The van der Waals surface area contributed by atoms with E-state index in [1.54, 1.807) is 6.92 Å². The normalized spacial score (nSPS) is 21.4. The summed E-state index contributed by atoms with van der Waals surface area (Å²) >= 11 is 0.349. The number of carbonyl (C=O) groups is 2. The number of carboxylic acid groups (broad SMARTS) is 1. The SMILES string of the molecule is CC1CCCN1C(=O)c1nc(C2(CCC(=O)O)N=CON2)sc1-c1cnc(C(O)(C(F)(F)F)C(F)(F)F)cc1C(F)(F)F. The van der Waals surface area contributed by atoms with Crippen LogP contribution in [0.5, 0.6) is 0 Å². The second-order valence-corrected chi connectivity index (χ2v) is 10.7. The molecule has 1 amide bonds. The molecule has 4 heterocycles. The van der Waals surface area contributed by atoms with Crippen molar-refractivity contribution in [1.29, 1.82) is 0 Å². The first-order valence-corrected chi connectivity index (χ1v) is 13.0. The molecular formula is C23H20F9N5O5S. The van der Waals surface area contributed by atoms with E-state index in [0.717, 1.165) is 6.40 Å². The van der Waals surface area contributed by atoms with Gasteiger partial charge in [0.2, 0.25) is 0 Å². The molecule has 0 spiro atoms. The molecule has 0 aliphatic carbocycles. The molecule has 3 N–H and O–H groups in total. The summed E-state index contributed by atoms with van der Waals surface area (Å²) in [6, 6.07) is -0.980. The van der Waals surface area contributed by atoms with Gasteiger partial charge in [-0.15, -0.1) is 16.8 Å². The maximum absolute atomic E-state index is 14.3. The maximum atomic E-state index is 14.3. The van der Waals surface area contributed by atoms with Crippen LogP contribution in [0.2, 0.25) is 0 Å². The zero-order chi connectivity index (χ0) is 32.2. The minimum Gasteiger partial charge on any atom is -0.481 e. The van der Waals surface area contributed by atoms with E-state index in [2.05, 4.69) is 20.4 Å². The molecule has 1 fully saturated rings. The second-order valence-electron chi connectivity index (χ2n) is 9.71. The molecule has 0 saturated carbocycles. The number of thiazole rings is 1. The number of aliphatic imine (C=N–C) groups is 1. The first-order valence-electron chi connectivity index (χ1n) is 12.2. The van der Waals surface area contributed by atoms with E-state index in [9.17, 15) is 54.2 Å². The summed E-state index contributed by atoms with van der Waals surface area (Å²) in [6.07, 6.45) is -17.7. The van der Waals surface area contributed by atoms with Gasteiger partial charge >= 0.3 is 24.5 Å². The van der Waals surface area contributed by atoms with Crippen molar-refractivity contribution in [1.82, 2.24) is 20.3 Å². The lowest BCUT2D eigenvalue weighted by molar-refractivity contribution is -0.377. The van der Waals surface area contributed by atoms with Crippen molar-refractivity contribution >= 4 is 29.6 Å². The highest BCUT2D eigenvalue weighted by molar-refractivity contribution is 7.15. The number of pyridine rings is 1. The lowest BCUT2D eigenvalue weighted by Gasteiger charge is -2.32. The van der Waals surface area contributed by atoms with Crippen LogP contribution in [0.3, 0.4) is 0 Å². The Labute approximate surface area is 239 Å².